The molecule has 10 heteroatoms. The first-order valence-corrected chi connectivity index (χ1v) is 7.73. The van der Waals surface area contributed by atoms with E-state index in [2.05, 4.69) is 9.97 Å². The van der Waals surface area contributed by atoms with Gasteiger partial charge in [0.25, 0.3) is 12.0 Å². The first kappa shape index (κ1) is 19.9. The van der Waals surface area contributed by atoms with Crippen molar-refractivity contribution in [2.24, 2.45) is 0 Å². The number of aliphatic hydroxyl groups is 1. The van der Waals surface area contributed by atoms with E-state index < -0.39 is 35.7 Å². The van der Waals surface area contributed by atoms with Crippen molar-refractivity contribution in [2.45, 2.75) is 18.2 Å². The number of alkyl halides is 5. The quantitative estimate of drug-likeness (QED) is 0.599. The smallest absolute Gasteiger partial charge is 0.370 e. The molecule has 2 aromatic carbocycles. The molecule has 0 saturated heterocycles. The molecule has 0 saturated carbocycles. The van der Waals surface area contributed by atoms with Gasteiger partial charge in [-0.3, -0.25) is 0 Å². The van der Waals surface area contributed by atoms with Crippen molar-refractivity contribution in [3.63, 3.8) is 0 Å². The summed E-state index contributed by atoms with van der Waals surface area (Å²) in [5.74, 6) is -2.71. The zero-order valence-corrected chi connectivity index (χ0v) is 13.7. The number of aromatic nitrogens is 2. The average molecular weight is 404 g/mol. The van der Waals surface area contributed by atoms with Gasteiger partial charge in [0.1, 0.15) is 11.6 Å². The maximum absolute atomic E-state index is 13.2. The first-order chi connectivity index (χ1) is 13.0. The molecule has 0 bridgehead atoms. The molecular formula is C18H11F7N2O. The lowest BCUT2D eigenvalue weighted by atomic mass is 10.0. The number of hydrogen-bond acceptors (Lipinski definition) is 2. The van der Waals surface area contributed by atoms with Crippen LogP contribution in [-0.2, 0) is 5.60 Å². The van der Waals surface area contributed by atoms with Gasteiger partial charge in [-0.1, -0.05) is 0 Å². The van der Waals surface area contributed by atoms with Gasteiger partial charge >= 0.3 is 6.18 Å². The summed E-state index contributed by atoms with van der Waals surface area (Å²) in [5.41, 5.74) is -4.75. The third-order valence-corrected chi connectivity index (χ3v) is 4.06. The Hall–Kier alpha value is -2.88. The number of nitrogens with zero attached hydrogens (tertiary/aromatic N) is 1. The van der Waals surface area contributed by atoms with Crippen molar-refractivity contribution in [3.05, 3.63) is 66.0 Å². The third-order valence-electron chi connectivity index (χ3n) is 4.06. The molecule has 3 nitrogen and oxygen atoms in total. The van der Waals surface area contributed by atoms with Crippen LogP contribution in [-0.4, -0.2) is 27.7 Å². The van der Waals surface area contributed by atoms with Crippen LogP contribution in [0.5, 0.6) is 0 Å². The Labute approximate surface area is 153 Å². The molecule has 1 unspecified atom stereocenters. The predicted octanol–water partition coefficient (Wildman–Crippen LogP) is 5.04. The number of rotatable bonds is 4. The van der Waals surface area contributed by atoms with E-state index in [1.807, 2.05) is 0 Å². The van der Waals surface area contributed by atoms with Crippen LogP contribution in [0.4, 0.5) is 30.7 Å². The van der Waals surface area contributed by atoms with Gasteiger partial charge in [-0.05, 0) is 48.5 Å². The first-order valence-electron chi connectivity index (χ1n) is 7.73. The molecule has 1 aromatic heterocycles. The molecule has 1 heterocycles. The fraction of sp³-hybridized carbons (Fsp3) is 0.167. The molecule has 0 amide bonds. The lowest BCUT2D eigenvalue weighted by Gasteiger charge is -2.27. The highest BCUT2D eigenvalue weighted by Gasteiger charge is 2.64. The fourth-order valence-corrected chi connectivity index (χ4v) is 2.56. The number of benzene rings is 2. The minimum absolute atomic E-state index is 0.0991. The number of H-pyrrole nitrogens is 1. The predicted molar refractivity (Wildman–Crippen MR) is 85.3 cm³/mol. The van der Waals surface area contributed by atoms with Crippen LogP contribution in [0.25, 0.3) is 22.5 Å². The van der Waals surface area contributed by atoms with Gasteiger partial charge in [-0.15, -0.1) is 0 Å². The van der Waals surface area contributed by atoms with E-state index in [9.17, 15) is 35.8 Å². The van der Waals surface area contributed by atoms with Gasteiger partial charge in [0.05, 0.1) is 11.4 Å². The van der Waals surface area contributed by atoms with E-state index in [0.29, 0.717) is 0 Å². The molecule has 0 aliphatic carbocycles. The van der Waals surface area contributed by atoms with Crippen molar-refractivity contribution in [1.82, 2.24) is 9.97 Å². The van der Waals surface area contributed by atoms with Gasteiger partial charge < -0.3 is 10.1 Å². The summed E-state index contributed by atoms with van der Waals surface area (Å²) >= 11 is 0. The molecule has 0 aliphatic heterocycles. The summed E-state index contributed by atoms with van der Waals surface area (Å²) < 4.78 is 92.3. The summed E-state index contributed by atoms with van der Waals surface area (Å²) in [6, 6.07) is 8.75. The van der Waals surface area contributed by atoms with Crippen molar-refractivity contribution < 1.29 is 35.8 Å². The van der Waals surface area contributed by atoms with Crippen molar-refractivity contribution in [1.29, 1.82) is 0 Å². The van der Waals surface area contributed by atoms with Crippen LogP contribution >= 0.6 is 0 Å². The minimum Gasteiger partial charge on any atom is -0.370 e. The second-order valence-electron chi connectivity index (χ2n) is 5.89. The molecule has 2 N–H and O–H groups in total. The van der Waals surface area contributed by atoms with Gasteiger partial charge in [-0.2, -0.15) is 13.2 Å². The highest BCUT2D eigenvalue weighted by Crippen LogP contribution is 2.44. The maximum Gasteiger partial charge on any atom is 0.430 e. The fourth-order valence-electron chi connectivity index (χ4n) is 2.56. The second-order valence-corrected chi connectivity index (χ2v) is 5.89. The molecule has 0 spiro atoms. The van der Waals surface area contributed by atoms with Gasteiger partial charge in [0.2, 0.25) is 0 Å². The molecule has 28 heavy (non-hydrogen) atoms. The van der Waals surface area contributed by atoms with Crippen LogP contribution in [0.1, 0.15) is 5.82 Å². The largest absolute Gasteiger partial charge is 0.430 e. The highest BCUT2D eigenvalue weighted by atomic mass is 19.4. The second kappa shape index (κ2) is 6.93. The Bertz CT molecular complexity index is 902. The van der Waals surface area contributed by atoms with E-state index in [1.54, 1.807) is 0 Å². The SMILES string of the molecule is OC(c1nc(-c2ccc(F)cc2)c(-c2ccc(F)cc2)[nH]1)(C(F)F)C(F)(F)F. The maximum atomic E-state index is 13.2. The van der Waals surface area contributed by atoms with Gasteiger partial charge in [0.15, 0.2) is 5.82 Å². The van der Waals surface area contributed by atoms with E-state index in [1.165, 1.54) is 24.3 Å². The lowest BCUT2D eigenvalue weighted by molar-refractivity contribution is -0.308. The summed E-state index contributed by atoms with van der Waals surface area (Å²) in [6.45, 7) is 0. The van der Waals surface area contributed by atoms with Crippen LogP contribution in [0.2, 0.25) is 0 Å². The highest BCUT2D eigenvalue weighted by molar-refractivity contribution is 5.78. The lowest BCUT2D eigenvalue weighted by Crippen LogP contribution is -2.49. The van der Waals surface area contributed by atoms with E-state index in [4.69, 9.17) is 0 Å². The van der Waals surface area contributed by atoms with E-state index in [0.717, 1.165) is 24.3 Å². The molecule has 3 aromatic rings. The number of imidazole rings is 1. The normalized spacial score (nSPS) is 14.3. The zero-order valence-electron chi connectivity index (χ0n) is 13.7. The number of hydrogen-bond donors (Lipinski definition) is 2. The molecular weight excluding hydrogens is 393 g/mol. The summed E-state index contributed by atoms with van der Waals surface area (Å²) in [4.78, 5) is 5.63. The van der Waals surface area contributed by atoms with Crippen molar-refractivity contribution in [2.75, 3.05) is 0 Å². The van der Waals surface area contributed by atoms with Crippen LogP contribution in [0.3, 0.4) is 0 Å². The van der Waals surface area contributed by atoms with E-state index >= 15 is 0 Å². The molecule has 148 valence electrons. The molecule has 1 atom stereocenters. The summed E-state index contributed by atoms with van der Waals surface area (Å²) in [7, 11) is 0. The van der Waals surface area contributed by atoms with Crippen molar-refractivity contribution >= 4 is 0 Å². The number of aromatic amines is 1. The van der Waals surface area contributed by atoms with Gasteiger partial charge in [-0.25, -0.2) is 22.5 Å². The van der Waals surface area contributed by atoms with Crippen molar-refractivity contribution in [3.8, 4) is 22.5 Å². The third kappa shape index (κ3) is 3.35. The Morgan fingerprint density at radius 3 is 1.71 bits per heavy atom. The number of halogens is 7. The van der Waals surface area contributed by atoms with Crippen LogP contribution < -0.4 is 0 Å². The number of nitrogens with one attached hydrogen (secondary N) is 1. The van der Waals surface area contributed by atoms with E-state index in [-0.39, 0.29) is 22.5 Å². The average Bonchev–Trinajstić information content (AvgIpc) is 3.06. The monoisotopic (exact) mass is 404 g/mol. The van der Waals surface area contributed by atoms with Gasteiger partial charge in [0, 0.05) is 11.1 Å². The summed E-state index contributed by atoms with van der Waals surface area (Å²) in [5, 5.41) is 9.73. The Kier molecular flexibility index (Phi) is 4.92. The van der Waals surface area contributed by atoms with Crippen LogP contribution in [0, 0.1) is 11.6 Å². The Morgan fingerprint density at radius 2 is 1.29 bits per heavy atom. The molecule has 3 rings (SSSR count). The summed E-state index contributed by atoms with van der Waals surface area (Å²) in [6.07, 6.45) is -9.97. The topological polar surface area (TPSA) is 48.9 Å². The van der Waals surface area contributed by atoms with Crippen LogP contribution in [0.15, 0.2) is 48.5 Å². The standard InChI is InChI=1S/C18H11F7N2O/c19-11-5-1-9(2-6-11)13-14(10-3-7-12(20)8-4-10)27-16(26-13)17(28,15(21)22)18(23,24)25/h1-8,15,28H,(H,26,27). The molecule has 0 fully saturated rings. The Morgan fingerprint density at radius 1 is 0.821 bits per heavy atom. The molecule has 0 aliphatic rings. The Balaban J connectivity index is 2.26. The molecule has 0 radical (unpaired) electrons. The minimum atomic E-state index is -5.74. The zero-order chi connectivity index (χ0) is 20.7.